The van der Waals surface area contributed by atoms with Crippen LogP contribution in [0, 0.1) is 0 Å². The van der Waals surface area contributed by atoms with Gasteiger partial charge in [0.1, 0.15) is 0 Å². The van der Waals surface area contributed by atoms with Gasteiger partial charge < -0.3 is 16.0 Å². The molecule has 0 atom stereocenters. The second-order valence-electron chi connectivity index (χ2n) is 4.85. The summed E-state index contributed by atoms with van der Waals surface area (Å²) in [6.45, 7) is 5.56. The maximum atomic E-state index is 11.5. The van der Waals surface area contributed by atoms with E-state index >= 15 is 0 Å². The molecule has 0 fully saturated rings. The molecule has 1 aromatic rings. The van der Waals surface area contributed by atoms with Crippen LogP contribution < -0.4 is 16.0 Å². The number of rotatable bonds is 3. The smallest absolute Gasteiger partial charge is 0.319 e. The van der Waals surface area contributed by atoms with Crippen molar-refractivity contribution in [1.82, 2.24) is 15.6 Å². The lowest BCUT2D eigenvalue weighted by molar-refractivity contribution is -0.121. The lowest BCUT2D eigenvalue weighted by Gasteiger charge is -2.20. The zero-order chi connectivity index (χ0) is 13.6. The highest BCUT2D eigenvalue weighted by Crippen LogP contribution is 2.01. The van der Waals surface area contributed by atoms with E-state index in [0.29, 0.717) is 5.69 Å². The van der Waals surface area contributed by atoms with E-state index in [0.717, 1.165) is 0 Å². The minimum atomic E-state index is -0.438. The van der Waals surface area contributed by atoms with Crippen LogP contribution in [-0.2, 0) is 4.79 Å². The van der Waals surface area contributed by atoms with Gasteiger partial charge in [-0.1, -0.05) is 0 Å². The highest BCUT2D eigenvalue weighted by molar-refractivity contribution is 5.92. The van der Waals surface area contributed by atoms with E-state index in [2.05, 4.69) is 20.9 Å². The van der Waals surface area contributed by atoms with E-state index in [-0.39, 0.29) is 18.0 Å². The molecule has 0 bridgehead atoms. The van der Waals surface area contributed by atoms with Crippen LogP contribution in [0.25, 0.3) is 0 Å². The van der Waals surface area contributed by atoms with Gasteiger partial charge in [0.2, 0.25) is 5.91 Å². The molecule has 0 saturated carbocycles. The number of aromatic nitrogens is 1. The molecule has 0 radical (unpaired) electrons. The Kier molecular flexibility index (Phi) is 4.65. The number of carbonyl (C=O) groups excluding carboxylic acids is 2. The first-order chi connectivity index (χ1) is 8.37. The zero-order valence-electron chi connectivity index (χ0n) is 10.8. The Morgan fingerprint density at radius 2 is 2.06 bits per heavy atom. The summed E-state index contributed by atoms with van der Waals surface area (Å²) >= 11 is 0. The molecular formula is C12H18N4O2. The van der Waals surface area contributed by atoms with Crippen LogP contribution in [0.1, 0.15) is 20.8 Å². The molecule has 0 unspecified atom stereocenters. The molecule has 0 aromatic carbocycles. The molecule has 0 aliphatic carbocycles. The Morgan fingerprint density at radius 1 is 1.33 bits per heavy atom. The first-order valence-corrected chi connectivity index (χ1v) is 5.63. The third-order valence-electron chi connectivity index (χ3n) is 1.84. The third kappa shape index (κ3) is 5.83. The molecule has 0 saturated heterocycles. The quantitative estimate of drug-likeness (QED) is 0.751. The van der Waals surface area contributed by atoms with Crippen molar-refractivity contribution in [3.05, 3.63) is 24.5 Å². The fourth-order valence-electron chi connectivity index (χ4n) is 1.23. The minimum Gasteiger partial charge on any atom is -0.350 e. The number of nitrogens with zero attached hydrogens (tertiary/aromatic N) is 1. The average Bonchev–Trinajstić information content (AvgIpc) is 2.25. The first-order valence-electron chi connectivity index (χ1n) is 5.63. The fraction of sp³-hybridized carbons (Fsp3) is 0.417. The average molecular weight is 250 g/mol. The number of nitrogens with one attached hydrogen (secondary N) is 3. The minimum absolute atomic E-state index is 0.0661. The second kappa shape index (κ2) is 6.00. The molecule has 3 N–H and O–H groups in total. The van der Waals surface area contributed by atoms with Crippen LogP contribution in [0.3, 0.4) is 0 Å². The van der Waals surface area contributed by atoms with E-state index in [9.17, 15) is 9.59 Å². The SMILES string of the molecule is CC(C)(C)NC(=O)CNC(=O)Nc1cccnc1. The van der Waals surface area contributed by atoms with E-state index in [4.69, 9.17) is 0 Å². The van der Waals surface area contributed by atoms with Crippen LogP contribution in [-0.4, -0.2) is 29.0 Å². The maximum absolute atomic E-state index is 11.5. The van der Waals surface area contributed by atoms with Gasteiger partial charge in [-0.3, -0.25) is 9.78 Å². The number of amides is 3. The standard InChI is InChI=1S/C12H18N4O2/c1-12(2,3)16-10(17)8-14-11(18)15-9-5-4-6-13-7-9/h4-7H,8H2,1-3H3,(H,16,17)(H2,14,15,18). The molecule has 6 nitrogen and oxygen atoms in total. The molecule has 6 heteroatoms. The van der Waals surface area contributed by atoms with Crippen LogP contribution in [0.5, 0.6) is 0 Å². The molecule has 0 aliphatic heterocycles. The molecule has 18 heavy (non-hydrogen) atoms. The number of pyridine rings is 1. The number of hydrogen-bond donors (Lipinski definition) is 3. The summed E-state index contributed by atoms with van der Waals surface area (Å²) in [5.74, 6) is -0.233. The predicted molar refractivity (Wildman–Crippen MR) is 69.2 cm³/mol. The molecule has 1 heterocycles. The van der Waals surface area contributed by atoms with Crippen molar-refractivity contribution < 1.29 is 9.59 Å². The van der Waals surface area contributed by atoms with Crippen molar-refractivity contribution in [3.8, 4) is 0 Å². The summed E-state index contributed by atoms with van der Waals surface area (Å²) in [5, 5.41) is 7.78. The number of urea groups is 1. The summed E-state index contributed by atoms with van der Waals surface area (Å²) in [7, 11) is 0. The van der Waals surface area contributed by atoms with E-state index in [1.165, 1.54) is 6.20 Å². The molecule has 0 aliphatic rings. The van der Waals surface area contributed by atoms with Crippen molar-refractivity contribution >= 4 is 17.6 Å². The van der Waals surface area contributed by atoms with Crippen LogP contribution >= 0.6 is 0 Å². The number of hydrogen-bond acceptors (Lipinski definition) is 3. The van der Waals surface area contributed by atoms with E-state index in [1.807, 2.05) is 20.8 Å². The molecule has 1 aromatic heterocycles. The largest absolute Gasteiger partial charge is 0.350 e. The van der Waals surface area contributed by atoms with Crippen molar-refractivity contribution in [1.29, 1.82) is 0 Å². The van der Waals surface area contributed by atoms with Gasteiger partial charge in [0.15, 0.2) is 0 Å². The zero-order valence-corrected chi connectivity index (χ0v) is 10.8. The molecular weight excluding hydrogens is 232 g/mol. The van der Waals surface area contributed by atoms with Crippen molar-refractivity contribution in [2.24, 2.45) is 0 Å². The second-order valence-corrected chi connectivity index (χ2v) is 4.85. The first kappa shape index (κ1) is 14.0. The van der Waals surface area contributed by atoms with Gasteiger partial charge in [-0.2, -0.15) is 0 Å². The summed E-state index contributed by atoms with van der Waals surface area (Å²) in [4.78, 5) is 26.8. The highest BCUT2D eigenvalue weighted by Gasteiger charge is 2.14. The van der Waals surface area contributed by atoms with E-state index < -0.39 is 6.03 Å². The molecule has 3 amide bonds. The van der Waals surface area contributed by atoms with Gasteiger partial charge in [-0.25, -0.2) is 4.79 Å². The Labute approximate surface area is 106 Å². The van der Waals surface area contributed by atoms with Gasteiger partial charge in [-0.15, -0.1) is 0 Å². The lowest BCUT2D eigenvalue weighted by atomic mass is 10.1. The van der Waals surface area contributed by atoms with Crippen LogP contribution in [0.2, 0.25) is 0 Å². The predicted octanol–water partition coefficient (Wildman–Crippen LogP) is 1.12. The fourth-order valence-corrected chi connectivity index (χ4v) is 1.23. The number of carbonyl (C=O) groups is 2. The maximum Gasteiger partial charge on any atom is 0.319 e. The van der Waals surface area contributed by atoms with Gasteiger partial charge in [-0.05, 0) is 32.9 Å². The van der Waals surface area contributed by atoms with E-state index in [1.54, 1.807) is 18.3 Å². The Morgan fingerprint density at radius 3 is 2.61 bits per heavy atom. The lowest BCUT2D eigenvalue weighted by Crippen LogP contribution is -2.46. The Hall–Kier alpha value is -2.11. The van der Waals surface area contributed by atoms with Gasteiger partial charge in [0.05, 0.1) is 18.4 Å². The highest BCUT2D eigenvalue weighted by atomic mass is 16.2. The summed E-state index contributed by atoms with van der Waals surface area (Å²) in [5.41, 5.74) is 0.268. The van der Waals surface area contributed by atoms with Crippen LogP contribution in [0.15, 0.2) is 24.5 Å². The Bertz CT molecular complexity index is 412. The summed E-state index contributed by atoms with van der Waals surface area (Å²) < 4.78 is 0. The summed E-state index contributed by atoms with van der Waals surface area (Å²) in [6, 6.07) is 2.98. The van der Waals surface area contributed by atoms with Crippen molar-refractivity contribution in [2.75, 3.05) is 11.9 Å². The van der Waals surface area contributed by atoms with Crippen molar-refractivity contribution in [3.63, 3.8) is 0 Å². The molecule has 1 rings (SSSR count). The Balaban J connectivity index is 2.32. The third-order valence-corrected chi connectivity index (χ3v) is 1.84. The van der Waals surface area contributed by atoms with Gasteiger partial charge in [0.25, 0.3) is 0 Å². The summed E-state index contributed by atoms with van der Waals surface area (Å²) in [6.07, 6.45) is 3.13. The topological polar surface area (TPSA) is 83.1 Å². The monoisotopic (exact) mass is 250 g/mol. The van der Waals surface area contributed by atoms with Crippen molar-refractivity contribution in [2.45, 2.75) is 26.3 Å². The number of anilines is 1. The van der Waals surface area contributed by atoms with Gasteiger partial charge >= 0.3 is 6.03 Å². The molecule has 0 spiro atoms. The van der Waals surface area contributed by atoms with Gasteiger partial charge in [0, 0.05) is 11.7 Å². The van der Waals surface area contributed by atoms with Crippen LogP contribution in [0.4, 0.5) is 10.5 Å². The molecule has 98 valence electrons. The normalized spacial score (nSPS) is 10.6.